The molecule has 3 atom stereocenters. The summed E-state index contributed by atoms with van der Waals surface area (Å²) >= 11 is 0. The molecule has 1 saturated carbocycles. The number of hydrogen-bond donors (Lipinski definition) is 0. The number of nitrogens with zero attached hydrogens (tertiary/aromatic N) is 1. The zero-order chi connectivity index (χ0) is 27.6. The van der Waals surface area contributed by atoms with E-state index in [1.54, 1.807) is 0 Å². The molecule has 0 aliphatic heterocycles. The molecule has 0 spiro atoms. The predicted molar refractivity (Wildman–Crippen MR) is 180 cm³/mol. The van der Waals surface area contributed by atoms with Crippen LogP contribution in [0.25, 0.3) is 0 Å². The largest absolute Gasteiger partial charge is 0.291 e. The Labute approximate surface area is 245 Å². The van der Waals surface area contributed by atoms with Gasteiger partial charge >= 0.3 is 0 Å². The van der Waals surface area contributed by atoms with Crippen LogP contribution < -0.4 is 21.2 Å². The van der Waals surface area contributed by atoms with Gasteiger partial charge < -0.3 is 0 Å². The third-order valence-corrected chi connectivity index (χ3v) is 13.8. The fraction of sp³-hybridized carbons (Fsp3) is 0.351. The van der Waals surface area contributed by atoms with Gasteiger partial charge in [-0.05, 0) is 68.2 Å². The summed E-state index contributed by atoms with van der Waals surface area (Å²) in [5.41, 5.74) is 0. The molecule has 0 amide bonds. The van der Waals surface area contributed by atoms with E-state index in [2.05, 4.69) is 140 Å². The van der Waals surface area contributed by atoms with Crippen molar-refractivity contribution in [1.82, 2.24) is 4.90 Å². The van der Waals surface area contributed by atoms with Crippen molar-refractivity contribution in [2.24, 2.45) is 11.8 Å². The molecule has 3 unspecified atom stereocenters. The van der Waals surface area contributed by atoms with Gasteiger partial charge in [-0.3, -0.25) is 4.90 Å². The van der Waals surface area contributed by atoms with Gasteiger partial charge in [0.1, 0.15) is 0 Å². The Morgan fingerprint density at radius 2 is 0.825 bits per heavy atom. The van der Waals surface area contributed by atoms with E-state index >= 15 is 0 Å². The van der Waals surface area contributed by atoms with Crippen LogP contribution >= 0.6 is 15.8 Å². The first-order valence-electron chi connectivity index (χ1n) is 15.2. The van der Waals surface area contributed by atoms with Crippen molar-refractivity contribution in [2.75, 3.05) is 12.6 Å². The molecule has 0 heterocycles. The molecular weight excluding hydrogens is 520 g/mol. The van der Waals surface area contributed by atoms with Crippen molar-refractivity contribution in [3.63, 3.8) is 0 Å². The highest BCUT2D eigenvalue weighted by atomic mass is 31.1. The third kappa shape index (κ3) is 7.91. The Morgan fingerprint density at radius 1 is 0.475 bits per heavy atom. The highest BCUT2D eigenvalue weighted by molar-refractivity contribution is 7.73. The average Bonchev–Trinajstić information content (AvgIpc) is 3.10. The van der Waals surface area contributed by atoms with Crippen molar-refractivity contribution in [3.05, 3.63) is 121 Å². The van der Waals surface area contributed by atoms with Crippen LogP contribution in [0, 0.1) is 11.8 Å². The second-order valence-electron chi connectivity index (χ2n) is 11.5. The molecule has 1 aliphatic rings. The lowest BCUT2D eigenvalue weighted by Crippen LogP contribution is -2.40. The molecule has 0 saturated heterocycles. The van der Waals surface area contributed by atoms with Crippen LogP contribution in [0.3, 0.4) is 0 Å². The van der Waals surface area contributed by atoms with Gasteiger partial charge in [0.25, 0.3) is 0 Å². The number of hydrogen-bond acceptors (Lipinski definition) is 1. The monoisotopic (exact) mass is 565 g/mol. The first kappa shape index (κ1) is 29.2. The fourth-order valence-electron chi connectivity index (χ4n) is 6.08. The summed E-state index contributed by atoms with van der Waals surface area (Å²) < 4.78 is 0. The van der Waals surface area contributed by atoms with Gasteiger partial charge in [-0.25, -0.2) is 0 Å². The molecule has 40 heavy (non-hydrogen) atoms. The second-order valence-corrected chi connectivity index (χ2v) is 15.9. The Morgan fingerprint density at radius 3 is 1.23 bits per heavy atom. The summed E-state index contributed by atoms with van der Waals surface area (Å²) in [5, 5.41) is 5.95. The lowest BCUT2D eigenvalue weighted by atomic mass is 9.88. The molecule has 1 aliphatic carbocycles. The van der Waals surface area contributed by atoms with Gasteiger partial charge in [0.2, 0.25) is 0 Å². The first-order valence-corrected chi connectivity index (χ1v) is 18.2. The Kier molecular flexibility index (Phi) is 11.0. The van der Waals surface area contributed by atoms with Crippen molar-refractivity contribution in [3.8, 4) is 0 Å². The number of benzene rings is 4. The minimum absolute atomic E-state index is 0.489. The summed E-state index contributed by atoms with van der Waals surface area (Å²) in [6, 6.07) is 45.9. The van der Waals surface area contributed by atoms with Gasteiger partial charge in [-0.2, -0.15) is 0 Å². The molecule has 0 aromatic heterocycles. The molecule has 1 nitrogen and oxygen atoms in total. The van der Waals surface area contributed by atoms with Crippen molar-refractivity contribution < 1.29 is 0 Å². The molecular formula is C37H45NP2. The van der Waals surface area contributed by atoms with Gasteiger partial charge in [0.05, 0.1) is 0 Å². The maximum atomic E-state index is 2.96. The zero-order valence-electron chi connectivity index (χ0n) is 24.3. The van der Waals surface area contributed by atoms with Crippen LogP contribution in [0.1, 0.15) is 52.4 Å². The molecule has 3 heteroatoms. The fourth-order valence-corrected chi connectivity index (χ4v) is 11.0. The summed E-state index contributed by atoms with van der Waals surface area (Å²) in [6.07, 6.45) is 10.3. The topological polar surface area (TPSA) is 3.24 Å². The minimum atomic E-state index is -0.489. The summed E-state index contributed by atoms with van der Waals surface area (Å²) in [6.45, 7) is 4.98. The van der Waals surface area contributed by atoms with Crippen LogP contribution in [-0.4, -0.2) is 23.5 Å². The van der Waals surface area contributed by atoms with Gasteiger partial charge in [0, 0.05) is 18.6 Å². The van der Waals surface area contributed by atoms with E-state index in [0.29, 0.717) is 6.04 Å². The lowest BCUT2D eigenvalue weighted by Gasteiger charge is -2.38. The highest BCUT2D eigenvalue weighted by Crippen LogP contribution is 2.42. The van der Waals surface area contributed by atoms with Crippen molar-refractivity contribution >= 4 is 37.1 Å². The van der Waals surface area contributed by atoms with E-state index in [0.717, 1.165) is 24.4 Å². The molecule has 0 N–H and O–H groups in total. The highest BCUT2D eigenvalue weighted by Gasteiger charge is 2.29. The molecule has 5 rings (SSSR count). The van der Waals surface area contributed by atoms with Crippen LogP contribution in [-0.2, 0) is 0 Å². The van der Waals surface area contributed by atoms with E-state index in [4.69, 9.17) is 0 Å². The molecule has 0 bridgehead atoms. The summed E-state index contributed by atoms with van der Waals surface area (Å²) in [5.74, 6) is 1.64. The van der Waals surface area contributed by atoms with E-state index in [1.807, 2.05) is 0 Å². The SMILES string of the molecule is CC1CCCCC(N(CP(c2ccccc2)c2ccccc2)CP(c2ccccc2)c2ccccc2)CCC1C. The average molecular weight is 566 g/mol. The van der Waals surface area contributed by atoms with Crippen LogP contribution in [0.2, 0.25) is 0 Å². The normalized spacial score (nSPS) is 20.3. The van der Waals surface area contributed by atoms with Crippen LogP contribution in [0.4, 0.5) is 0 Å². The van der Waals surface area contributed by atoms with Gasteiger partial charge in [-0.15, -0.1) is 0 Å². The standard InChI is InChI=1S/C37H45NP2/c1-31-17-15-16-18-33(28-27-32(31)2)38(29-39(34-19-7-3-8-20-34)35-21-9-4-10-22-35)30-40(36-23-11-5-12-24-36)37-25-13-6-14-26-37/h3-14,19-26,31-33H,15-18,27-30H2,1-2H3. The first-order chi connectivity index (χ1) is 19.7. The second kappa shape index (κ2) is 15.1. The van der Waals surface area contributed by atoms with Crippen molar-refractivity contribution in [1.29, 1.82) is 0 Å². The van der Waals surface area contributed by atoms with Crippen LogP contribution in [0.5, 0.6) is 0 Å². The quantitative estimate of drug-likeness (QED) is 0.184. The minimum Gasteiger partial charge on any atom is -0.291 e. The van der Waals surface area contributed by atoms with E-state index in [-0.39, 0.29) is 0 Å². The Balaban J connectivity index is 1.53. The molecule has 208 valence electrons. The lowest BCUT2D eigenvalue weighted by molar-refractivity contribution is 0.224. The molecule has 1 fully saturated rings. The Bertz CT molecular complexity index is 1080. The van der Waals surface area contributed by atoms with E-state index in [9.17, 15) is 0 Å². The van der Waals surface area contributed by atoms with E-state index in [1.165, 1.54) is 59.7 Å². The van der Waals surface area contributed by atoms with E-state index < -0.39 is 15.8 Å². The maximum absolute atomic E-state index is 2.96. The summed E-state index contributed by atoms with van der Waals surface area (Å²) in [4.78, 5) is 2.96. The third-order valence-electron chi connectivity index (χ3n) is 8.81. The zero-order valence-corrected chi connectivity index (χ0v) is 26.1. The van der Waals surface area contributed by atoms with Crippen LogP contribution in [0.15, 0.2) is 121 Å². The Hall–Kier alpha value is -2.30. The summed E-state index contributed by atoms with van der Waals surface area (Å²) in [7, 11) is -0.978. The molecule has 4 aromatic carbocycles. The molecule has 0 radical (unpaired) electrons. The predicted octanol–water partition coefficient (Wildman–Crippen LogP) is 8.46. The van der Waals surface area contributed by atoms with Gasteiger partial charge in [0.15, 0.2) is 0 Å². The maximum Gasteiger partial charge on any atom is 0.0272 e. The molecule has 4 aromatic rings. The van der Waals surface area contributed by atoms with Crippen molar-refractivity contribution in [2.45, 2.75) is 58.4 Å². The number of rotatable bonds is 9. The van der Waals surface area contributed by atoms with Gasteiger partial charge in [-0.1, -0.05) is 154 Å². The smallest absolute Gasteiger partial charge is 0.0272 e.